The Bertz CT molecular complexity index is 404. The SMILES string of the molecule is OC1CC(O)C2C(C1)OC1CC3CC(O)C(O)CC3[OH+]C12. The van der Waals surface area contributed by atoms with Crippen LogP contribution in [-0.2, 0) is 4.74 Å². The second-order valence-electron chi connectivity index (χ2n) is 7.29. The molecule has 0 aromatic rings. The minimum atomic E-state index is -0.692. The second kappa shape index (κ2) is 5.15. The average molecular weight is 301 g/mol. The summed E-state index contributed by atoms with van der Waals surface area (Å²) in [5, 5.41) is 39.8. The number of aliphatic hydroxyl groups excluding tert-OH is 4. The first kappa shape index (κ1) is 14.4. The molecule has 10 unspecified atom stereocenters. The lowest BCUT2D eigenvalue weighted by Crippen LogP contribution is -2.55. The molecule has 0 amide bonds. The van der Waals surface area contributed by atoms with Gasteiger partial charge in [-0.15, -0.1) is 0 Å². The van der Waals surface area contributed by atoms with Crippen LogP contribution in [-0.4, -0.2) is 74.0 Å². The Morgan fingerprint density at radius 1 is 0.762 bits per heavy atom. The lowest BCUT2D eigenvalue weighted by molar-refractivity contribution is -0.270. The minimum Gasteiger partial charge on any atom is -0.427 e. The van der Waals surface area contributed by atoms with Gasteiger partial charge in [0.15, 0.2) is 12.2 Å². The zero-order valence-corrected chi connectivity index (χ0v) is 12.0. The summed E-state index contributed by atoms with van der Waals surface area (Å²) in [6, 6.07) is 0. The molecule has 5 N–H and O–H groups in total. The normalized spacial score (nSPS) is 60.0. The Hall–Kier alpha value is -0.240. The zero-order chi connectivity index (χ0) is 14.7. The van der Waals surface area contributed by atoms with Crippen molar-refractivity contribution in [2.45, 2.75) is 80.9 Å². The van der Waals surface area contributed by atoms with Crippen LogP contribution in [0.1, 0.15) is 32.1 Å². The summed E-state index contributed by atoms with van der Waals surface area (Å²) in [4.78, 5) is 0. The lowest BCUT2D eigenvalue weighted by Gasteiger charge is -2.42. The number of ether oxygens (including phenoxy) is 2. The van der Waals surface area contributed by atoms with Crippen LogP contribution in [0.25, 0.3) is 0 Å². The van der Waals surface area contributed by atoms with Crippen molar-refractivity contribution in [3.63, 3.8) is 0 Å². The molecule has 21 heavy (non-hydrogen) atoms. The first-order valence-corrected chi connectivity index (χ1v) is 8.10. The van der Waals surface area contributed by atoms with Crippen molar-refractivity contribution in [3.05, 3.63) is 0 Å². The highest BCUT2D eigenvalue weighted by molar-refractivity contribution is 5.03. The van der Waals surface area contributed by atoms with Gasteiger partial charge in [0.2, 0.25) is 0 Å². The van der Waals surface area contributed by atoms with Crippen LogP contribution < -0.4 is 0 Å². The molecule has 0 spiro atoms. The predicted octanol–water partition coefficient (Wildman–Crippen LogP) is -1.31. The molecule has 4 rings (SSSR count). The van der Waals surface area contributed by atoms with E-state index in [1.54, 1.807) is 0 Å². The maximum absolute atomic E-state index is 10.3. The Labute approximate surface area is 123 Å². The predicted molar refractivity (Wildman–Crippen MR) is 72.5 cm³/mol. The van der Waals surface area contributed by atoms with Crippen LogP contribution in [0.4, 0.5) is 0 Å². The van der Waals surface area contributed by atoms with Crippen molar-refractivity contribution in [2.24, 2.45) is 11.8 Å². The minimum absolute atomic E-state index is 0.0105. The topological polar surface area (TPSA) is 103 Å². The number of hydrogen-bond acceptors (Lipinski definition) is 5. The molecule has 2 heterocycles. The largest absolute Gasteiger partial charge is 0.427 e. The zero-order valence-electron chi connectivity index (χ0n) is 12.0. The lowest BCUT2D eigenvalue weighted by atomic mass is 9.74. The molecule has 4 fully saturated rings. The molecule has 6 nitrogen and oxygen atoms in total. The van der Waals surface area contributed by atoms with Crippen LogP contribution in [0.2, 0.25) is 0 Å². The van der Waals surface area contributed by atoms with E-state index in [0.29, 0.717) is 25.7 Å². The summed E-state index contributed by atoms with van der Waals surface area (Å²) in [6.07, 6.45) is 0.390. The fraction of sp³-hybridized carbons (Fsp3) is 1.00. The van der Waals surface area contributed by atoms with E-state index in [1.165, 1.54) is 0 Å². The third-order valence-corrected chi connectivity index (χ3v) is 5.93. The molecule has 6 heteroatoms. The van der Waals surface area contributed by atoms with Gasteiger partial charge in [-0.3, -0.25) is 0 Å². The Balaban J connectivity index is 1.52. The van der Waals surface area contributed by atoms with Crippen molar-refractivity contribution in [1.82, 2.24) is 0 Å². The van der Waals surface area contributed by atoms with E-state index >= 15 is 0 Å². The molecule has 4 aliphatic rings. The summed E-state index contributed by atoms with van der Waals surface area (Å²) in [7, 11) is 0. The number of hydrogen-bond donors (Lipinski definition) is 4. The monoisotopic (exact) mass is 301 g/mol. The number of fused-ring (bicyclic) bond motifs is 4. The van der Waals surface area contributed by atoms with E-state index in [2.05, 4.69) is 0 Å². The van der Waals surface area contributed by atoms with Crippen molar-refractivity contribution >= 4 is 0 Å². The molecule has 2 aliphatic heterocycles. The molecule has 0 aromatic carbocycles. The molecule has 2 saturated heterocycles. The molecule has 120 valence electrons. The van der Waals surface area contributed by atoms with E-state index in [9.17, 15) is 20.4 Å². The van der Waals surface area contributed by atoms with Gasteiger partial charge in [-0.2, -0.15) is 0 Å². The molecular formula is C15H25O6+. The van der Waals surface area contributed by atoms with Gasteiger partial charge >= 0.3 is 0 Å². The van der Waals surface area contributed by atoms with Gasteiger partial charge in [0.25, 0.3) is 0 Å². The summed E-state index contributed by atoms with van der Waals surface area (Å²) < 4.78 is 10.9. The molecule has 0 bridgehead atoms. The molecule has 0 radical (unpaired) electrons. The number of aliphatic hydroxyl groups is 6. The second-order valence-corrected chi connectivity index (χ2v) is 7.29. The van der Waals surface area contributed by atoms with Crippen molar-refractivity contribution in [1.29, 1.82) is 0 Å². The van der Waals surface area contributed by atoms with Gasteiger partial charge in [-0.25, -0.2) is 0 Å². The molecular weight excluding hydrogens is 276 g/mol. The van der Waals surface area contributed by atoms with Crippen molar-refractivity contribution < 1.29 is 29.9 Å². The fourth-order valence-electron chi connectivity index (χ4n) is 4.92. The molecule has 2 saturated carbocycles. The Kier molecular flexibility index (Phi) is 3.52. The standard InChI is InChI=1S/C15H24O6/c16-7-3-10(19)14-12(4-7)20-13-2-6-1-8(17)9(18)5-11(6)21-15(13)14/h6-19H,1-5H2/p+1. The van der Waals surface area contributed by atoms with Crippen LogP contribution in [0.5, 0.6) is 0 Å². The van der Waals surface area contributed by atoms with E-state index in [4.69, 9.17) is 9.47 Å². The molecule has 2 aliphatic carbocycles. The first-order chi connectivity index (χ1) is 10.0. The van der Waals surface area contributed by atoms with E-state index in [1.807, 2.05) is 0 Å². The van der Waals surface area contributed by atoms with Crippen molar-refractivity contribution in [2.75, 3.05) is 0 Å². The molecule has 0 aromatic heterocycles. The van der Waals surface area contributed by atoms with Crippen LogP contribution in [0.15, 0.2) is 0 Å². The quantitative estimate of drug-likeness (QED) is 0.416. The first-order valence-electron chi connectivity index (χ1n) is 8.10. The Morgan fingerprint density at radius 3 is 2.33 bits per heavy atom. The highest BCUT2D eigenvalue weighted by Gasteiger charge is 2.59. The fourth-order valence-corrected chi connectivity index (χ4v) is 4.92. The van der Waals surface area contributed by atoms with Gasteiger partial charge in [0, 0.05) is 25.2 Å². The molecule has 10 atom stereocenters. The van der Waals surface area contributed by atoms with Crippen LogP contribution in [0.3, 0.4) is 0 Å². The van der Waals surface area contributed by atoms with Crippen LogP contribution >= 0.6 is 0 Å². The summed E-state index contributed by atoms with van der Waals surface area (Å²) in [5.74, 6) is 0.232. The van der Waals surface area contributed by atoms with Crippen molar-refractivity contribution in [3.8, 4) is 0 Å². The van der Waals surface area contributed by atoms with Crippen LogP contribution in [0, 0.1) is 11.8 Å². The Morgan fingerprint density at radius 2 is 1.52 bits per heavy atom. The van der Waals surface area contributed by atoms with Gasteiger partial charge in [0.1, 0.15) is 6.10 Å². The highest BCUT2D eigenvalue weighted by atomic mass is 16.6. The van der Waals surface area contributed by atoms with E-state index in [-0.39, 0.29) is 36.3 Å². The highest BCUT2D eigenvalue weighted by Crippen LogP contribution is 2.46. The van der Waals surface area contributed by atoms with Gasteiger partial charge < -0.3 is 29.9 Å². The summed E-state index contributed by atoms with van der Waals surface area (Å²) >= 11 is 0. The average Bonchev–Trinajstić information content (AvgIpc) is 2.74. The third kappa shape index (κ3) is 2.33. The van der Waals surface area contributed by atoms with E-state index < -0.39 is 24.4 Å². The van der Waals surface area contributed by atoms with Gasteiger partial charge in [-0.1, -0.05) is 0 Å². The van der Waals surface area contributed by atoms with Gasteiger partial charge in [0.05, 0.1) is 36.4 Å². The maximum atomic E-state index is 10.3. The smallest absolute Gasteiger partial charge is 0.189 e. The third-order valence-electron chi connectivity index (χ3n) is 5.93. The summed E-state index contributed by atoms with van der Waals surface area (Å²) in [6.45, 7) is 0. The van der Waals surface area contributed by atoms with E-state index in [0.717, 1.165) is 6.42 Å². The summed E-state index contributed by atoms with van der Waals surface area (Å²) in [5.41, 5.74) is 0. The number of rotatable bonds is 0. The van der Waals surface area contributed by atoms with Gasteiger partial charge in [-0.05, 0) is 12.8 Å². The maximum Gasteiger partial charge on any atom is 0.189 e.